The molecule has 3 atom stereocenters. The number of hydrogen-bond donors (Lipinski definition) is 4. The molecule has 2 aliphatic rings. The van der Waals surface area contributed by atoms with Crippen LogP contribution in [-0.2, 0) is 0 Å². The minimum absolute atomic E-state index is 0.135. The molecule has 4 aromatic rings. The first-order valence-corrected chi connectivity index (χ1v) is 14.7. The van der Waals surface area contributed by atoms with E-state index in [0.29, 0.717) is 34.0 Å². The molecule has 2 aromatic heterocycles. The van der Waals surface area contributed by atoms with Crippen molar-refractivity contribution < 1.29 is 9.13 Å². The summed E-state index contributed by atoms with van der Waals surface area (Å²) in [6, 6.07) is 11.8. The molecule has 1 unspecified atom stereocenters. The second-order valence-corrected chi connectivity index (χ2v) is 11.7. The number of benzene rings is 2. The Morgan fingerprint density at radius 2 is 2.07 bits per heavy atom. The number of halogens is 1. The third kappa shape index (κ3) is 4.77. The molecule has 7 N–H and O–H groups in total. The maximum Gasteiger partial charge on any atom is 0.176 e. The number of nitrogens with one attached hydrogen (secondary N) is 1. The Morgan fingerprint density at radius 1 is 1.24 bits per heavy atom. The lowest BCUT2D eigenvalue weighted by Gasteiger charge is -2.30. The van der Waals surface area contributed by atoms with Gasteiger partial charge in [0.2, 0.25) is 0 Å². The first kappa shape index (κ1) is 27.4. The lowest BCUT2D eigenvalue weighted by molar-refractivity contribution is 0.120. The number of aromatic amines is 1. The van der Waals surface area contributed by atoms with Crippen molar-refractivity contribution in [1.29, 1.82) is 0 Å². The molecule has 41 heavy (non-hydrogen) atoms. The van der Waals surface area contributed by atoms with Crippen molar-refractivity contribution in [2.24, 2.45) is 23.1 Å². The maximum atomic E-state index is 16.1. The van der Waals surface area contributed by atoms with E-state index in [2.05, 4.69) is 30.7 Å². The van der Waals surface area contributed by atoms with Gasteiger partial charge in [-0.1, -0.05) is 39.3 Å². The lowest BCUT2D eigenvalue weighted by Crippen LogP contribution is -2.40. The van der Waals surface area contributed by atoms with Crippen molar-refractivity contribution in [3.05, 3.63) is 66.0 Å². The second kappa shape index (κ2) is 10.9. The summed E-state index contributed by atoms with van der Waals surface area (Å²) in [5, 5.41) is 0.500. The van der Waals surface area contributed by atoms with Crippen LogP contribution in [0.25, 0.3) is 39.1 Å². The minimum Gasteiger partial charge on any atom is -0.469 e. The van der Waals surface area contributed by atoms with Gasteiger partial charge >= 0.3 is 0 Å². The SMILES string of the molecule is CCCC1Oc2cc(-c3cnc([C@@H]4CCCN4C[C@@H](N)C(C)C)[nH]3)ccc2-c2c(F)c3cc(/C(N)=C/N)ccc3n21. The molecular weight excluding hydrogens is 517 g/mol. The van der Waals surface area contributed by atoms with E-state index in [1.165, 1.54) is 6.20 Å². The van der Waals surface area contributed by atoms with Gasteiger partial charge in [-0.25, -0.2) is 9.37 Å². The normalized spacial score (nSPS) is 19.9. The molecule has 0 bridgehead atoms. The Kier molecular flexibility index (Phi) is 7.25. The number of rotatable bonds is 8. The fourth-order valence-electron chi connectivity index (χ4n) is 6.20. The van der Waals surface area contributed by atoms with Gasteiger partial charge in [0.25, 0.3) is 0 Å². The van der Waals surface area contributed by atoms with Crippen molar-refractivity contribution in [2.75, 3.05) is 13.1 Å². The Hall–Kier alpha value is -3.82. The molecule has 8 nitrogen and oxygen atoms in total. The highest BCUT2D eigenvalue weighted by molar-refractivity contribution is 5.92. The Bertz CT molecular complexity index is 1600. The third-order valence-corrected chi connectivity index (χ3v) is 8.67. The number of likely N-dealkylation sites (tertiary alicyclic amines) is 1. The van der Waals surface area contributed by atoms with E-state index in [-0.39, 0.29) is 24.1 Å². The average molecular weight is 558 g/mol. The largest absolute Gasteiger partial charge is 0.469 e. The van der Waals surface area contributed by atoms with Crippen LogP contribution in [0.2, 0.25) is 0 Å². The van der Waals surface area contributed by atoms with Crippen LogP contribution < -0.4 is 21.9 Å². The van der Waals surface area contributed by atoms with Crippen LogP contribution in [-0.4, -0.2) is 38.6 Å². The Labute approximate surface area is 240 Å². The number of fused-ring (bicyclic) bond motifs is 5. The molecule has 0 amide bonds. The van der Waals surface area contributed by atoms with Crippen molar-refractivity contribution in [3.63, 3.8) is 0 Å². The standard InChI is InChI=1S/C32H40FN7O/c1-4-6-29-40-26-11-9-19(23(35)15-34)13-22(26)30(33)31(40)21-10-8-20(14-28(21)41-29)25-16-37-32(38-25)27-7-5-12-39(27)17-24(36)18(2)3/h8-11,13-16,18,24,27,29H,4-7,12,17,34-36H2,1-3H3,(H,37,38)/b23-15-/t24-,27+,29?/m1/s1. The van der Waals surface area contributed by atoms with E-state index >= 15 is 4.39 Å². The van der Waals surface area contributed by atoms with Crippen molar-refractivity contribution in [2.45, 2.75) is 64.8 Å². The van der Waals surface area contributed by atoms with Crippen molar-refractivity contribution >= 4 is 16.6 Å². The molecule has 0 saturated carbocycles. The van der Waals surface area contributed by atoms with Gasteiger partial charge in [-0.15, -0.1) is 0 Å². The molecule has 0 radical (unpaired) electrons. The van der Waals surface area contributed by atoms with E-state index in [1.807, 2.05) is 41.1 Å². The van der Waals surface area contributed by atoms with Gasteiger partial charge in [-0.3, -0.25) is 4.90 Å². The van der Waals surface area contributed by atoms with E-state index in [1.54, 1.807) is 6.07 Å². The van der Waals surface area contributed by atoms with Gasteiger partial charge in [0.1, 0.15) is 11.6 Å². The number of nitrogens with two attached hydrogens (primary N) is 3. The molecular formula is C32H40FN7O. The number of ether oxygens (including phenoxy) is 1. The molecule has 0 aliphatic carbocycles. The minimum atomic E-state index is -0.326. The number of hydrogen-bond acceptors (Lipinski definition) is 6. The summed E-state index contributed by atoms with van der Waals surface area (Å²) >= 11 is 0. The first-order chi connectivity index (χ1) is 19.8. The van der Waals surface area contributed by atoms with Gasteiger partial charge in [0.05, 0.1) is 34.8 Å². The van der Waals surface area contributed by atoms with Crippen LogP contribution in [0.15, 0.2) is 48.8 Å². The zero-order chi connectivity index (χ0) is 28.8. The van der Waals surface area contributed by atoms with Crippen LogP contribution in [0.4, 0.5) is 4.39 Å². The zero-order valence-corrected chi connectivity index (χ0v) is 24.0. The van der Waals surface area contributed by atoms with Gasteiger partial charge in [-0.05, 0) is 55.1 Å². The lowest BCUT2D eigenvalue weighted by atomic mass is 10.0. The summed E-state index contributed by atoms with van der Waals surface area (Å²) in [7, 11) is 0. The number of aromatic nitrogens is 3. The highest BCUT2D eigenvalue weighted by atomic mass is 19.1. The third-order valence-electron chi connectivity index (χ3n) is 8.67. The number of imidazole rings is 1. The number of H-pyrrole nitrogens is 1. The Morgan fingerprint density at radius 3 is 2.83 bits per heavy atom. The zero-order valence-electron chi connectivity index (χ0n) is 24.0. The smallest absolute Gasteiger partial charge is 0.176 e. The average Bonchev–Trinajstić information content (AvgIpc) is 3.71. The Balaban J connectivity index is 1.36. The van der Waals surface area contributed by atoms with Gasteiger partial charge in [0, 0.05) is 41.7 Å². The van der Waals surface area contributed by atoms with E-state index < -0.39 is 0 Å². The molecule has 2 aliphatic heterocycles. The molecule has 0 spiro atoms. The summed E-state index contributed by atoms with van der Waals surface area (Å²) in [4.78, 5) is 10.8. The van der Waals surface area contributed by atoms with Crippen LogP contribution >= 0.6 is 0 Å². The molecule has 1 saturated heterocycles. The van der Waals surface area contributed by atoms with E-state index in [0.717, 1.165) is 66.9 Å². The monoisotopic (exact) mass is 557 g/mol. The second-order valence-electron chi connectivity index (χ2n) is 11.7. The predicted molar refractivity (Wildman–Crippen MR) is 162 cm³/mol. The van der Waals surface area contributed by atoms with Crippen LogP contribution in [0.1, 0.15) is 70.1 Å². The number of nitrogens with zero attached hydrogens (tertiary/aromatic N) is 3. The quantitative estimate of drug-likeness (QED) is 0.215. The molecule has 1 fully saturated rings. The summed E-state index contributed by atoms with van der Waals surface area (Å²) in [6.07, 6.45) is 6.72. The van der Waals surface area contributed by atoms with Gasteiger partial charge in [-0.2, -0.15) is 0 Å². The summed E-state index contributed by atoms with van der Waals surface area (Å²) < 4.78 is 24.7. The summed E-state index contributed by atoms with van der Waals surface area (Å²) in [5.41, 5.74) is 23.0. The fourth-order valence-corrected chi connectivity index (χ4v) is 6.20. The maximum absolute atomic E-state index is 16.1. The van der Waals surface area contributed by atoms with Gasteiger partial charge in [0.15, 0.2) is 12.0 Å². The topological polar surface area (TPSA) is 124 Å². The summed E-state index contributed by atoms with van der Waals surface area (Å²) in [6.45, 7) is 8.33. The molecule has 4 heterocycles. The molecule has 2 aromatic carbocycles. The highest BCUT2D eigenvalue weighted by Gasteiger charge is 2.33. The van der Waals surface area contributed by atoms with Crippen LogP contribution in [0, 0.1) is 11.7 Å². The van der Waals surface area contributed by atoms with Gasteiger partial charge < -0.3 is 31.5 Å². The van der Waals surface area contributed by atoms with E-state index in [9.17, 15) is 0 Å². The highest BCUT2D eigenvalue weighted by Crippen LogP contribution is 2.47. The van der Waals surface area contributed by atoms with E-state index in [4.69, 9.17) is 26.9 Å². The molecule has 216 valence electrons. The summed E-state index contributed by atoms with van der Waals surface area (Å²) in [5.74, 6) is 1.78. The van der Waals surface area contributed by atoms with Crippen molar-refractivity contribution in [1.82, 2.24) is 19.4 Å². The fraction of sp³-hybridized carbons (Fsp3) is 0.406. The first-order valence-electron chi connectivity index (χ1n) is 14.7. The predicted octanol–water partition coefficient (Wildman–Crippen LogP) is 5.86. The van der Waals surface area contributed by atoms with Crippen LogP contribution in [0.3, 0.4) is 0 Å². The van der Waals surface area contributed by atoms with Crippen LogP contribution in [0.5, 0.6) is 5.75 Å². The molecule has 9 heteroatoms. The molecule has 6 rings (SSSR count). The van der Waals surface area contributed by atoms with Crippen molar-refractivity contribution in [3.8, 4) is 28.3 Å².